The number of benzene rings is 1. The number of aryl methyl sites for hydroxylation is 1. The van der Waals surface area contributed by atoms with Gasteiger partial charge in [0.15, 0.2) is 0 Å². The van der Waals surface area contributed by atoms with E-state index in [1.54, 1.807) is 0 Å². The average molecular weight is 443 g/mol. The Balaban J connectivity index is 1.34. The van der Waals surface area contributed by atoms with Gasteiger partial charge in [0.05, 0.1) is 18.8 Å². The third kappa shape index (κ3) is 7.48. The van der Waals surface area contributed by atoms with Gasteiger partial charge < -0.3 is 20.5 Å². The topological polar surface area (TPSA) is 105 Å². The first kappa shape index (κ1) is 24.0. The maximum absolute atomic E-state index is 12.3. The van der Waals surface area contributed by atoms with Gasteiger partial charge in [0, 0.05) is 25.3 Å². The summed E-state index contributed by atoms with van der Waals surface area (Å²) in [6.45, 7) is 0.543. The van der Waals surface area contributed by atoms with Gasteiger partial charge in [0.1, 0.15) is 0 Å². The van der Waals surface area contributed by atoms with Gasteiger partial charge in [-0.25, -0.2) is 0 Å². The minimum Gasteiger partial charge on any atom is -0.481 e. The van der Waals surface area contributed by atoms with E-state index in [0.717, 1.165) is 31.2 Å². The number of unbranched alkanes of at least 4 members (excludes halogenated alkanes) is 1. The van der Waals surface area contributed by atoms with E-state index >= 15 is 0 Å². The van der Waals surface area contributed by atoms with E-state index in [4.69, 9.17) is 9.84 Å². The fourth-order valence-corrected chi connectivity index (χ4v) is 4.69. The predicted molar refractivity (Wildman–Crippen MR) is 121 cm³/mol. The Morgan fingerprint density at radius 1 is 0.969 bits per heavy atom. The fraction of sp³-hybridized carbons (Fsp3) is 0.560. The van der Waals surface area contributed by atoms with Gasteiger partial charge >= 0.3 is 5.97 Å². The lowest BCUT2D eigenvalue weighted by molar-refractivity contribution is -0.137. The van der Waals surface area contributed by atoms with E-state index < -0.39 is 5.97 Å². The first-order valence-corrected chi connectivity index (χ1v) is 11.6. The molecule has 2 bridgehead atoms. The lowest BCUT2D eigenvalue weighted by atomic mass is 9.77. The summed E-state index contributed by atoms with van der Waals surface area (Å²) in [7, 11) is 0. The highest BCUT2D eigenvalue weighted by Gasteiger charge is 2.47. The zero-order chi connectivity index (χ0) is 22.8. The quantitative estimate of drug-likeness (QED) is 0.322. The summed E-state index contributed by atoms with van der Waals surface area (Å²) in [6.07, 6.45) is 10.2. The molecule has 0 unspecified atom stereocenters. The highest BCUT2D eigenvalue weighted by atomic mass is 16.5. The smallest absolute Gasteiger partial charge is 0.303 e. The highest BCUT2D eigenvalue weighted by Crippen LogP contribution is 2.44. The molecule has 0 saturated carbocycles. The molecule has 0 aromatic heterocycles. The van der Waals surface area contributed by atoms with Gasteiger partial charge in [-0.15, -0.1) is 0 Å². The van der Waals surface area contributed by atoms with Gasteiger partial charge in [0.25, 0.3) is 0 Å². The van der Waals surface area contributed by atoms with Crippen molar-refractivity contribution in [2.45, 2.75) is 63.6 Å². The summed E-state index contributed by atoms with van der Waals surface area (Å²) in [5.74, 6) is -0.426. The SMILES string of the molecule is O=C(O)CCC/C=C\C[C@H]1[C@@H](CNC(=O)CNC(=O)CCc2ccccc2)[C@H]2CC[C@@H]1O2. The maximum Gasteiger partial charge on any atom is 0.303 e. The lowest BCUT2D eigenvalue weighted by Crippen LogP contribution is -2.42. The Morgan fingerprint density at radius 3 is 2.47 bits per heavy atom. The molecule has 2 saturated heterocycles. The van der Waals surface area contributed by atoms with Crippen LogP contribution in [0.5, 0.6) is 0 Å². The summed E-state index contributed by atoms with van der Waals surface area (Å²) >= 11 is 0. The van der Waals surface area contributed by atoms with Crippen molar-refractivity contribution in [1.29, 1.82) is 0 Å². The lowest BCUT2D eigenvalue weighted by Gasteiger charge is -2.27. The minimum absolute atomic E-state index is 0.0105. The second kappa shape index (κ2) is 12.4. The highest BCUT2D eigenvalue weighted by molar-refractivity contribution is 5.84. The average Bonchev–Trinajstić information content (AvgIpc) is 3.39. The molecule has 32 heavy (non-hydrogen) atoms. The van der Waals surface area contributed by atoms with Crippen molar-refractivity contribution in [3.8, 4) is 0 Å². The number of ether oxygens (including phenoxy) is 1. The van der Waals surface area contributed by atoms with Crippen LogP contribution in [0.15, 0.2) is 42.5 Å². The van der Waals surface area contributed by atoms with Gasteiger partial charge in [-0.1, -0.05) is 42.5 Å². The molecule has 2 heterocycles. The van der Waals surface area contributed by atoms with E-state index in [-0.39, 0.29) is 42.9 Å². The van der Waals surface area contributed by atoms with Gasteiger partial charge in [-0.05, 0) is 50.0 Å². The molecule has 7 nitrogen and oxygen atoms in total. The van der Waals surface area contributed by atoms with Crippen LogP contribution >= 0.6 is 0 Å². The number of carbonyl (C=O) groups excluding carboxylic acids is 2. The van der Waals surface area contributed by atoms with Crippen LogP contribution < -0.4 is 10.6 Å². The molecule has 2 fully saturated rings. The normalized spacial score (nSPS) is 24.0. The van der Waals surface area contributed by atoms with Gasteiger partial charge in [-0.3, -0.25) is 14.4 Å². The van der Waals surface area contributed by atoms with Crippen LogP contribution in [0, 0.1) is 11.8 Å². The zero-order valence-corrected chi connectivity index (χ0v) is 18.5. The molecule has 1 aromatic carbocycles. The monoisotopic (exact) mass is 442 g/mol. The molecule has 1 aromatic rings. The standard InChI is InChI=1S/C25H34N2O5/c28-23(15-12-18-8-4-3-5-9-18)27-17-24(29)26-16-20-19(21-13-14-22(20)32-21)10-6-1-2-7-11-25(30)31/h1,3-6,8-9,19-22H,2,7,10-17H2,(H,26,29)(H,27,28)(H,30,31)/b6-1-/t19-,20+,21-,22+/m0/s1. The molecule has 2 aliphatic heterocycles. The number of carboxylic acids is 1. The summed E-state index contributed by atoms with van der Waals surface area (Å²) in [4.78, 5) is 34.8. The molecule has 4 atom stereocenters. The van der Waals surface area contributed by atoms with Crippen LogP contribution in [0.2, 0.25) is 0 Å². The van der Waals surface area contributed by atoms with Crippen LogP contribution in [0.25, 0.3) is 0 Å². The van der Waals surface area contributed by atoms with E-state index in [1.165, 1.54) is 0 Å². The number of aliphatic carboxylic acids is 1. The summed E-state index contributed by atoms with van der Waals surface area (Å²) in [5.41, 5.74) is 1.10. The molecule has 0 radical (unpaired) electrons. The van der Waals surface area contributed by atoms with Crippen LogP contribution in [0.4, 0.5) is 0 Å². The third-order valence-corrected chi connectivity index (χ3v) is 6.39. The first-order chi connectivity index (χ1) is 15.5. The number of rotatable bonds is 13. The second-order valence-electron chi connectivity index (χ2n) is 8.68. The molecule has 3 rings (SSSR count). The van der Waals surface area contributed by atoms with E-state index in [1.807, 2.05) is 30.3 Å². The number of carbonyl (C=O) groups is 3. The number of amides is 2. The van der Waals surface area contributed by atoms with Crippen LogP contribution in [0.3, 0.4) is 0 Å². The molecule has 2 amide bonds. The van der Waals surface area contributed by atoms with Crippen molar-refractivity contribution in [3.63, 3.8) is 0 Å². The molecule has 2 aliphatic rings. The van der Waals surface area contributed by atoms with E-state index in [2.05, 4.69) is 22.8 Å². The zero-order valence-electron chi connectivity index (χ0n) is 18.5. The number of hydrogen-bond acceptors (Lipinski definition) is 4. The van der Waals surface area contributed by atoms with E-state index in [0.29, 0.717) is 31.7 Å². The van der Waals surface area contributed by atoms with Gasteiger partial charge in [-0.2, -0.15) is 0 Å². The first-order valence-electron chi connectivity index (χ1n) is 11.6. The van der Waals surface area contributed by atoms with Crippen LogP contribution in [-0.2, 0) is 25.5 Å². The molecule has 174 valence electrons. The molecule has 3 N–H and O–H groups in total. The Labute approximate surface area is 189 Å². The summed E-state index contributed by atoms with van der Waals surface area (Å²) < 4.78 is 6.08. The van der Waals surface area contributed by atoms with Crippen molar-refractivity contribution in [3.05, 3.63) is 48.0 Å². The van der Waals surface area contributed by atoms with Crippen molar-refractivity contribution < 1.29 is 24.2 Å². The summed E-state index contributed by atoms with van der Waals surface area (Å²) in [6, 6.07) is 9.81. The molecular formula is C25H34N2O5. The molecular weight excluding hydrogens is 408 g/mol. The molecule has 0 spiro atoms. The van der Waals surface area contributed by atoms with Crippen molar-refractivity contribution in [2.24, 2.45) is 11.8 Å². The number of allylic oxidation sites excluding steroid dienone is 2. The van der Waals surface area contributed by atoms with Crippen LogP contribution in [0.1, 0.15) is 50.5 Å². The van der Waals surface area contributed by atoms with Crippen LogP contribution in [-0.4, -0.2) is 48.2 Å². The fourth-order valence-electron chi connectivity index (χ4n) is 4.69. The molecule has 0 aliphatic carbocycles. The predicted octanol–water partition coefficient (Wildman–Crippen LogP) is 2.85. The number of fused-ring (bicyclic) bond motifs is 2. The minimum atomic E-state index is -0.761. The largest absolute Gasteiger partial charge is 0.481 e. The Bertz CT molecular complexity index is 795. The number of carboxylic acid groups (broad SMARTS) is 1. The van der Waals surface area contributed by atoms with Crippen molar-refractivity contribution in [2.75, 3.05) is 13.1 Å². The third-order valence-electron chi connectivity index (χ3n) is 6.39. The molecule has 7 heteroatoms. The second-order valence-corrected chi connectivity index (χ2v) is 8.68. The summed E-state index contributed by atoms with van der Waals surface area (Å²) in [5, 5.41) is 14.4. The van der Waals surface area contributed by atoms with Gasteiger partial charge in [0.2, 0.25) is 11.8 Å². The maximum atomic E-state index is 12.3. The number of nitrogens with one attached hydrogen (secondary N) is 2. The Hall–Kier alpha value is -2.67. The van der Waals surface area contributed by atoms with Crippen molar-refractivity contribution >= 4 is 17.8 Å². The van der Waals surface area contributed by atoms with E-state index in [9.17, 15) is 14.4 Å². The number of hydrogen-bond donors (Lipinski definition) is 3. The Morgan fingerprint density at radius 2 is 1.72 bits per heavy atom. The van der Waals surface area contributed by atoms with Crippen molar-refractivity contribution in [1.82, 2.24) is 10.6 Å². The Kier molecular flexibility index (Phi) is 9.28.